The smallest absolute Gasteiger partial charge is 0.328 e. The van der Waals surface area contributed by atoms with Crippen molar-refractivity contribution < 1.29 is 14.3 Å². The van der Waals surface area contributed by atoms with Crippen molar-refractivity contribution in [2.24, 2.45) is 0 Å². The number of esters is 1. The fourth-order valence-corrected chi connectivity index (χ4v) is 3.95. The van der Waals surface area contributed by atoms with Crippen molar-refractivity contribution >= 4 is 35.0 Å². The minimum atomic E-state index is -0.389. The number of nitrogens with zero attached hydrogens (tertiary/aromatic N) is 1. The van der Waals surface area contributed by atoms with Crippen molar-refractivity contribution in [2.75, 3.05) is 18.9 Å². The Morgan fingerprint density at radius 1 is 1.50 bits per heavy atom. The first-order valence-corrected chi connectivity index (χ1v) is 8.71. The number of hydrogen-bond acceptors (Lipinski definition) is 5. The molecule has 4 nitrogen and oxygen atoms in total. The van der Waals surface area contributed by atoms with Crippen LogP contribution in [0.15, 0.2) is 21.7 Å². The van der Waals surface area contributed by atoms with Gasteiger partial charge in [-0.2, -0.15) is 0 Å². The fourth-order valence-electron chi connectivity index (χ4n) is 2.27. The highest BCUT2D eigenvalue weighted by Crippen LogP contribution is 2.25. The second kappa shape index (κ2) is 7.69. The summed E-state index contributed by atoms with van der Waals surface area (Å²) in [4.78, 5) is 25.9. The maximum atomic E-state index is 12.3. The Morgan fingerprint density at radius 2 is 2.35 bits per heavy atom. The van der Waals surface area contributed by atoms with Gasteiger partial charge in [0, 0.05) is 6.54 Å². The van der Waals surface area contributed by atoms with E-state index in [9.17, 15) is 9.59 Å². The molecule has 1 unspecified atom stereocenters. The van der Waals surface area contributed by atoms with Crippen LogP contribution in [0.1, 0.15) is 26.2 Å². The Hall–Kier alpha value is -1.01. The van der Waals surface area contributed by atoms with E-state index in [0.717, 1.165) is 17.1 Å². The van der Waals surface area contributed by atoms with E-state index in [2.05, 4.69) is 0 Å². The van der Waals surface area contributed by atoms with Crippen LogP contribution in [0, 0.1) is 0 Å². The van der Waals surface area contributed by atoms with Crippen LogP contribution in [0.2, 0.25) is 0 Å². The lowest BCUT2D eigenvalue weighted by molar-refractivity contribution is -0.155. The molecule has 0 N–H and O–H groups in total. The van der Waals surface area contributed by atoms with Gasteiger partial charge >= 0.3 is 5.97 Å². The van der Waals surface area contributed by atoms with Crippen molar-refractivity contribution in [1.82, 2.24) is 4.90 Å². The fraction of sp³-hybridized carbons (Fsp3) is 0.571. The number of ether oxygens (including phenoxy) is 1. The highest BCUT2D eigenvalue weighted by atomic mass is 32.2. The Labute approximate surface area is 127 Å². The largest absolute Gasteiger partial charge is 0.464 e. The molecule has 1 aliphatic rings. The standard InChI is InChI=1S/C14H19NO3S2/c1-2-18-14(17)11-6-3-4-8-15(11)12(16)10-20-13-7-5-9-19-13/h5,7,9,11H,2-4,6,8,10H2,1H3. The summed E-state index contributed by atoms with van der Waals surface area (Å²) in [6.45, 7) is 2.81. The van der Waals surface area contributed by atoms with Gasteiger partial charge in [-0.3, -0.25) is 4.79 Å². The molecule has 110 valence electrons. The normalized spacial score (nSPS) is 18.9. The minimum absolute atomic E-state index is 0.0288. The molecule has 1 aromatic rings. The molecule has 0 saturated carbocycles. The lowest BCUT2D eigenvalue weighted by Gasteiger charge is -2.33. The third-order valence-corrected chi connectivity index (χ3v) is 5.33. The summed E-state index contributed by atoms with van der Waals surface area (Å²) in [5.41, 5.74) is 0. The maximum absolute atomic E-state index is 12.3. The van der Waals surface area contributed by atoms with E-state index >= 15 is 0 Å². The number of hydrogen-bond donors (Lipinski definition) is 0. The SMILES string of the molecule is CCOC(=O)C1CCCCN1C(=O)CSc1cccs1. The van der Waals surface area contributed by atoms with Crippen LogP contribution in [-0.4, -0.2) is 41.7 Å². The number of carbonyl (C=O) groups is 2. The number of amides is 1. The van der Waals surface area contributed by atoms with E-state index < -0.39 is 0 Å². The van der Waals surface area contributed by atoms with Crippen LogP contribution in [-0.2, 0) is 14.3 Å². The van der Waals surface area contributed by atoms with E-state index in [-0.39, 0.29) is 17.9 Å². The van der Waals surface area contributed by atoms with E-state index in [1.54, 1.807) is 23.2 Å². The Balaban J connectivity index is 1.92. The minimum Gasteiger partial charge on any atom is -0.464 e. The molecule has 20 heavy (non-hydrogen) atoms. The number of likely N-dealkylation sites (tertiary alicyclic amines) is 1. The van der Waals surface area contributed by atoms with Crippen LogP contribution >= 0.6 is 23.1 Å². The summed E-state index contributed by atoms with van der Waals surface area (Å²) >= 11 is 3.16. The third-order valence-electron chi connectivity index (χ3n) is 3.21. The van der Waals surface area contributed by atoms with Gasteiger partial charge in [0.05, 0.1) is 16.6 Å². The predicted octanol–water partition coefficient (Wildman–Crippen LogP) is 2.78. The zero-order valence-electron chi connectivity index (χ0n) is 11.5. The molecule has 0 radical (unpaired) electrons. The van der Waals surface area contributed by atoms with Gasteiger partial charge < -0.3 is 9.64 Å². The molecule has 1 aromatic heterocycles. The summed E-state index contributed by atoms with van der Waals surface area (Å²) in [7, 11) is 0. The average Bonchev–Trinajstić information content (AvgIpc) is 2.98. The molecular formula is C14H19NO3S2. The van der Waals surface area contributed by atoms with Crippen molar-refractivity contribution in [3.05, 3.63) is 17.5 Å². The van der Waals surface area contributed by atoms with Gasteiger partial charge in [-0.1, -0.05) is 6.07 Å². The first-order chi connectivity index (χ1) is 9.72. The highest BCUT2D eigenvalue weighted by Gasteiger charge is 2.32. The first kappa shape index (κ1) is 15.4. The maximum Gasteiger partial charge on any atom is 0.328 e. The predicted molar refractivity (Wildman–Crippen MR) is 81.0 cm³/mol. The van der Waals surface area contributed by atoms with Crippen LogP contribution in [0.4, 0.5) is 0 Å². The van der Waals surface area contributed by atoms with Gasteiger partial charge in [0.1, 0.15) is 6.04 Å². The average molecular weight is 313 g/mol. The van der Waals surface area contributed by atoms with Crippen LogP contribution in [0.25, 0.3) is 0 Å². The van der Waals surface area contributed by atoms with Crippen molar-refractivity contribution in [1.29, 1.82) is 0 Å². The second-order valence-electron chi connectivity index (χ2n) is 4.57. The number of thiophene rings is 1. The van der Waals surface area contributed by atoms with Crippen molar-refractivity contribution in [3.8, 4) is 0 Å². The molecule has 0 spiro atoms. The van der Waals surface area contributed by atoms with E-state index in [1.807, 2.05) is 17.5 Å². The molecule has 0 bridgehead atoms. The quantitative estimate of drug-likeness (QED) is 0.619. The summed E-state index contributed by atoms with van der Waals surface area (Å²) in [5.74, 6) is 0.152. The zero-order valence-corrected chi connectivity index (χ0v) is 13.2. The number of rotatable bonds is 5. The number of carbonyl (C=O) groups excluding carboxylic acids is 2. The van der Waals surface area contributed by atoms with Gasteiger partial charge in [-0.15, -0.1) is 23.1 Å². The molecular weight excluding hydrogens is 294 g/mol. The topological polar surface area (TPSA) is 46.6 Å². The van der Waals surface area contributed by atoms with Gasteiger partial charge in [0.15, 0.2) is 0 Å². The second-order valence-corrected chi connectivity index (χ2v) is 6.79. The summed E-state index contributed by atoms with van der Waals surface area (Å²) < 4.78 is 6.20. The molecule has 1 aliphatic heterocycles. The lowest BCUT2D eigenvalue weighted by Crippen LogP contribution is -2.49. The molecule has 1 atom stereocenters. The molecule has 1 saturated heterocycles. The summed E-state index contributed by atoms with van der Waals surface area (Å²) in [5, 5.41) is 2.00. The van der Waals surface area contributed by atoms with Gasteiger partial charge in [-0.05, 0) is 37.6 Å². The molecule has 1 fully saturated rings. The lowest BCUT2D eigenvalue weighted by atomic mass is 10.0. The van der Waals surface area contributed by atoms with E-state index in [4.69, 9.17) is 4.74 Å². The number of piperidine rings is 1. The first-order valence-electron chi connectivity index (χ1n) is 6.84. The van der Waals surface area contributed by atoms with Gasteiger partial charge in [-0.25, -0.2) is 4.79 Å². The van der Waals surface area contributed by atoms with E-state index in [0.29, 0.717) is 25.3 Å². The van der Waals surface area contributed by atoms with Crippen LogP contribution < -0.4 is 0 Å². The third kappa shape index (κ3) is 3.99. The Bertz CT molecular complexity index is 447. The molecule has 0 aromatic carbocycles. The molecule has 1 amide bonds. The zero-order chi connectivity index (χ0) is 14.4. The van der Waals surface area contributed by atoms with Gasteiger partial charge in [0.2, 0.25) is 5.91 Å². The number of thioether (sulfide) groups is 1. The monoisotopic (exact) mass is 313 g/mol. The highest BCUT2D eigenvalue weighted by molar-refractivity contribution is 8.01. The summed E-state index contributed by atoms with van der Waals surface area (Å²) in [6.07, 6.45) is 2.66. The van der Waals surface area contributed by atoms with E-state index in [1.165, 1.54) is 11.8 Å². The van der Waals surface area contributed by atoms with Crippen molar-refractivity contribution in [3.63, 3.8) is 0 Å². The van der Waals surface area contributed by atoms with Crippen LogP contribution in [0.3, 0.4) is 0 Å². The Morgan fingerprint density at radius 3 is 3.05 bits per heavy atom. The molecule has 0 aliphatic carbocycles. The van der Waals surface area contributed by atoms with Crippen LogP contribution in [0.5, 0.6) is 0 Å². The van der Waals surface area contributed by atoms with Gasteiger partial charge in [0.25, 0.3) is 0 Å². The summed E-state index contributed by atoms with van der Waals surface area (Å²) in [6, 6.07) is 3.58. The molecule has 2 rings (SSSR count). The Kier molecular flexibility index (Phi) is 5.91. The molecule has 2 heterocycles. The van der Waals surface area contributed by atoms with Crippen molar-refractivity contribution in [2.45, 2.75) is 36.4 Å². The molecule has 6 heteroatoms.